The van der Waals surface area contributed by atoms with Gasteiger partial charge in [-0.2, -0.15) is 0 Å². The van der Waals surface area contributed by atoms with Gasteiger partial charge in [0, 0.05) is 0 Å². The van der Waals surface area contributed by atoms with E-state index >= 15 is 0 Å². The predicted molar refractivity (Wildman–Crippen MR) is 90.7 cm³/mol. The summed E-state index contributed by atoms with van der Waals surface area (Å²) in [5, 5.41) is 66.2. The van der Waals surface area contributed by atoms with E-state index in [1.807, 2.05) is 0 Å². The number of aliphatic hydroxyl groups excluding tert-OH is 3. The zero-order valence-electron chi connectivity index (χ0n) is 14.5. The summed E-state index contributed by atoms with van der Waals surface area (Å²) in [7, 11) is 0. The standard InChI is InChI=1S/C7H6O2.C6H8O7.C3H8O3/c8-7(9)6-4-2-1-3-5-6;7-3(8)1-6(13,5(11)12)2-4(9)10;4-1-3(6)2-5/h1-5H,(H,8,9);13H,1-2H2,(H,7,8)(H,9,10)(H,11,12);3-6H,1-2H2. The number of hydrogen-bond acceptors (Lipinski definition) is 8. The topological polar surface area (TPSA) is 230 Å². The molecule has 0 amide bonds. The van der Waals surface area contributed by atoms with Crippen molar-refractivity contribution in [2.75, 3.05) is 13.2 Å². The van der Waals surface area contributed by atoms with Crippen LogP contribution in [0.3, 0.4) is 0 Å². The second-order valence-electron chi connectivity index (χ2n) is 5.17. The maximum atomic E-state index is 10.3. The van der Waals surface area contributed by atoms with Crippen LogP contribution in [0.4, 0.5) is 0 Å². The first-order chi connectivity index (χ1) is 12.9. The van der Waals surface area contributed by atoms with E-state index in [1.54, 1.807) is 30.3 Å². The third-order valence-corrected chi connectivity index (χ3v) is 2.73. The number of benzene rings is 1. The summed E-state index contributed by atoms with van der Waals surface area (Å²) in [6.07, 6.45) is -3.24. The number of aliphatic hydroxyl groups is 4. The third kappa shape index (κ3) is 13.2. The molecule has 8 N–H and O–H groups in total. The number of aromatic carboxylic acids is 1. The molecule has 158 valence electrons. The van der Waals surface area contributed by atoms with Crippen LogP contribution in [-0.4, -0.2) is 89.6 Å². The molecule has 12 nitrogen and oxygen atoms in total. The zero-order chi connectivity index (χ0) is 22.3. The average Bonchev–Trinajstić information content (AvgIpc) is 2.61. The van der Waals surface area contributed by atoms with E-state index in [-0.39, 0.29) is 13.2 Å². The largest absolute Gasteiger partial charge is 0.481 e. The molecule has 0 aliphatic heterocycles. The monoisotopic (exact) mass is 406 g/mol. The highest BCUT2D eigenvalue weighted by molar-refractivity contribution is 5.88. The van der Waals surface area contributed by atoms with Crippen LogP contribution in [0.1, 0.15) is 23.2 Å². The third-order valence-electron chi connectivity index (χ3n) is 2.73. The van der Waals surface area contributed by atoms with Crippen molar-refractivity contribution in [3.63, 3.8) is 0 Å². The van der Waals surface area contributed by atoms with E-state index in [0.29, 0.717) is 5.56 Å². The Morgan fingerprint density at radius 1 is 0.821 bits per heavy atom. The van der Waals surface area contributed by atoms with Crippen LogP contribution in [0, 0.1) is 0 Å². The Bertz CT molecular complexity index is 608. The molecule has 0 saturated heterocycles. The van der Waals surface area contributed by atoms with Crippen LogP contribution in [0.25, 0.3) is 0 Å². The Kier molecular flexibility index (Phi) is 13.6. The van der Waals surface area contributed by atoms with Crippen molar-refractivity contribution in [2.24, 2.45) is 0 Å². The molecule has 1 aromatic rings. The first-order valence-corrected chi connectivity index (χ1v) is 7.47. The fourth-order valence-corrected chi connectivity index (χ4v) is 1.35. The van der Waals surface area contributed by atoms with Gasteiger partial charge in [-0.15, -0.1) is 0 Å². The molecule has 28 heavy (non-hydrogen) atoms. The van der Waals surface area contributed by atoms with Gasteiger partial charge in [0.15, 0.2) is 5.60 Å². The molecule has 0 unspecified atom stereocenters. The number of rotatable bonds is 8. The van der Waals surface area contributed by atoms with E-state index in [1.165, 1.54) is 0 Å². The van der Waals surface area contributed by atoms with Gasteiger partial charge in [-0.05, 0) is 12.1 Å². The lowest BCUT2D eigenvalue weighted by molar-refractivity contribution is -0.170. The van der Waals surface area contributed by atoms with Gasteiger partial charge in [0.2, 0.25) is 0 Å². The molecular weight excluding hydrogens is 384 g/mol. The van der Waals surface area contributed by atoms with Gasteiger partial charge < -0.3 is 40.9 Å². The maximum absolute atomic E-state index is 10.3. The highest BCUT2D eigenvalue weighted by Crippen LogP contribution is 2.15. The predicted octanol–water partition coefficient (Wildman–Crippen LogP) is -1.53. The summed E-state index contributed by atoms with van der Waals surface area (Å²) >= 11 is 0. The molecule has 0 spiro atoms. The maximum Gasteiger partial charge on any atom is 0.336 e. The summed E-state index contributed by atoms with van der Waals surface area (Å²) in [6.45, 7) is -0.729. The highest BCUT2D eigenvalue weighted by Gasteiger charge is 2.40. The minimum Gasteiger partial charge on any atom is -0.481 e. The minimum absolute atomic E-state index is 0.331. The van der Waals surface area contributed by atoms with Crippen LogP contribution < -0.4 is 0 Å². The molecular formula is C16H22O12. The fourth-order valence-electron chi connectivity index (χ4n) is 1.35. The normalized spacial score (nSPS) is 10.0. The van der Waals surface area contributed by atoms with E-state index in [0.717, 1.165) is 0 Å². The molecule has 1 aromatic carbocycles. The summed E-state index contributed by atoms with van der Waals surface area (Å²) in [5.41, 5.74) is -2.41. The van der Waals surface area contributed by atoms with Gasteiger partial charge in [0.1, 0.15) is 6.10 Å². The Morgan fingerprint density at radius 2 is 1.21 bits per heavy atom. The molecule has 12 heteroatoms. The van der Waals surface area contributed by atoms with Gasteiger partial charge in [0.05, 0.1) is 31.6 Å². The Balaban J connectivity index is 0. The van der Waals surface area contributed by atoms with Gasteiger partial charge >= 0.3 is 23.9 Å². The molecule has 0 aliphatic carbocycles. The quantitative estimate of drug-likeness (QED) is 0.246. The molecule has 0 saturated carbocycles. The van der Waals surface area contributed by atoms with Crippen LogP contribution in [0.2, 0.25) is 0 Å². The molecule has 0 aliphatic rings. The van der Waals surface area contributed by atoms with Crippen molar-refractivity contribution in [3.8, 4) is 0 Å². The van der Waals surface area contributed by atoms with E-state index in [2.05, 4.69) is 0 Å². The highest BCUT2D eigenvalue weighted by atomic mass is 16.4. The van der Waals surface area contributed by atoms with Crippen LogP contribution in [0.15, 0.2) is 30.3 Å². The first kappa shape index (κ1) is 27.2. The summed E-state index contributed by atoms with van der Waals surface area (Å²) in [4.78, 5) is 40.7. The lowest BCUT2D eigenvalue weighted by Crippen LogP contribution is -2.42. The van der Waals surface area contributed by atoms with Crippen LogP contribution in [0.5, 0.6) is 0 Å². The van der Waals surface area contributed by atoms with E-state index in [4.69, 9.17) is 40.9 Å². The lowest BCUT2D eigenvalue weighted by atomic mass is 9.96. The van der Waals surface area contributed by atoms with Crippen molar-refractivity contribution in [2.45, 2.75) is 24.5 Å². The Hall–Kier alpha value is -3.06. The summed E-state index contributed by atoms with van der Waals surface area (Å²) < 4.78 is 0. The SMILES string of the molecule is O=C(O)CC(O)(CC(=O)O)C(=O)O.O=C(O)c1ccccc1.OCC(O)CO. The van der Waals surface area contributed by atoms with Crippen LogP contribution in [-0.2, 0) is 14.4 Å². The van der Waals surface area contributed by atoms with Crippen molar-refractivity contribution in [3.05, 3.63) is 35.9 Å². The van der Waals surface area contributed by atoms with Gasteiger partial charge in [-0.1, -0.05) is 18.2 Å². The average molecular weight is 406 g/mol. The van der Waals surface area contributed by atoms with Gasteiger partial charge in [-0.3, -0.25) is 9.59 Å². The molecule has 0 heterocycles. The second-order valence-corrected chi connectivity index (χ2v) is 5.17. The smallest absolute Gasteiger partial charge is 0.336 e. The van der Waals surface area contributed by atoms with Crippen molar-refractivity contribution >= 4 is 23.9 Å². The minimum atomic E-state index is -2.74. The van der Waals surface area contributed by atoms with E-state index in [9.17, 15) is 19.2 Å². The lowest BCUT2D eigenvalue weighted by Gasteiger charge is -2.18. The number of carboxylic acids is 4. The number of carboxylic acid groups (broad SMARTS) is 4. The summed E-state index contributed by atoms with van der Waals surface area (Å²) in [5.74, 6) is -5.90. The zero-order valence-corrected chi connectivity index (χ0v) is 14.5. The molecule has 0 aromatic heterocycles. The van der Waals surface area contributed by atoms with Gasteiger partial charge in [0.25, 0.3) is 0 Å². The van der Waals surface area contributed by atoms with Crippen LogP contribution >= 0.6 is 0 Å². The van der Waals surface area contributed by atoms with Crippen molar-refractivity contribution < 1.29 is 60.0 Å². The molecule has 0 bridgehead atoms. The molecule has 0 radical (unpaired) electrons. The number of aliphatic carboxylic acids is 3. The first-order valence-electron chi connectivity index (χ1n) is 7.47. The van der Waals surface area contributed by atoms with Crippen molar-refractivity contribution in [1.29, 1.82) is 0 Å². The Morgan fingerprint density at radius 3 is 1.39 bits per heavy atom. The van der Waals surface area contributed by atoms with Crippen molar-refractivity contribution in [1.82, 2.24) is 0 Å². The number of hydrogen-bond donors (Lipinski definition) is 8. The molecule has 0 fully saturated rings. The molecule has 1 rings (SSSR count). The summed E-state index contributed by atoms with van der Waals surface area (Å²) in [6, 6.07) is 8.30. The van der Waals surface area contributed by atoms with E-state index < -0.39 is 48.4 Å². The fraction of sp³-hybridized carbons (Fsp3) is 0.375. The number of carbonyl (C=O) groups is 4. The van der Waals surface area contributed by atoms with Gasteiger partial charge in [-0.25, -0.2) is 9.59 Å². The Labute approximate surface area is 158 Å². The second kappa shape index (κ2) is 14.1. The molecule has 0 atom stereocenters.